The van der Waals surface area contributed by atoms with Crippen LogP contribution in [0.2, 0.25) is 5.02 Å². The third-order valence-corrected chi connectivity index (χ3v) is 7.44. The quantitative estimate of drug-likeness (QED) is 0.631. The average molecular weight is 434 g/mol. The second-order valence-corrected chi connectivity index (χ2v) is 9.75. The molecular weight excluding hydrogens is 410 g/mol. The Morgan fingerprint density at radius 1 is 1.17 bits per heavy atom. The molecule has 0 aliphatic carbocycles. The number of nitrogens with zero attached hydrogens (tertiary/aromatic N) is 1. The average Bonchev–Trinajstić information content (AvgIpc) is 3.16. The molecule has 8 heteroatoms. The van der Waals surface area contributed by atoms with E-state index in [1.807, 2.05) is 0 Å². The number of hydrogen-bond acceptors (Lipinski definition) is 5. The lowest BCUT2D eigenvalue weighted by atomic mass is 10.1. The maximum Gasteiger partial charge on any atom is 0.221 e. The molecule has 1 fully saturated rings. The Bertz CT molecular complexity index is 1140. The summed E-state index contributed by atoms with van der Waals surface area (Å²) in [6.45, 7) is 2.02. The van der Waals surface area contributed by atoms with E-state index in [4.69, 9.17) is 16.3 Å². The highest BCUT2D eigenvalue weighted by atomic mass is 35.5. The molecule has 2 heterocycles. The summed E-state index contributed by atoms with van der Waals surface area (Å²) in [5, 5.41) is 4.79. The summed E-state index contributed by atoms with van der Waals surface area (Å²) in [6, 6.07) is 12.1. The fourth-order valence-corrected chi connectivity index (χ4v) is 5.22. The largest absolute Gasteiger partial charge is 0.495 e. The number of aromatic nitrogens is 1. The SMILES string of the molecule is COc1ccc(S(=O)(=O)c2cc3c(Cl)cccc3[nH]2)cc1NC1CCN(C)CC1. The third kappa shape index (κ3) is 3.95. The first kappa shape index (κ1) is 20.1. The normalized spacial score (nSPS) is 16.2. The monoisotopic (exact) mass is 433 g/mol. The lowest BCUT2D eigenvalue weighted by Crippen LogP contribution is -2.36. The molecule has 29 heavy (non-hydrogen) atoms. The molecule has 0 spiro atoms. The van der Waals surface area contributed by atoms with Crippen molar-refractivity contribution in [2.45, 2.75) is 28.8 Å². The van der Waals surface area contributed by atoms with Gasteiger partial charge in [0, 0.05) is 22.0 Å². The Morgan fingerprint density at radius 3 is 2.62 bits per heavy atom. The summed E-state index contributed by atoms with van der Waals surface area (Å²) in [5.41, 5.74) is 1.38. The zero-order valence-electron chi connectivity index (χ0n) is 16.4. The van der Waals surface area contributed by atoms with E-state index in [1.54, 1.807) is 49.6 Å². The number of benzene rings is 2. The molecule has 4 rings (SSSR count). The van der Waals surface area contributed by atoms with E-state index in [1.165, 1.54) is 0 Å². The van der Waals surface area contributed by atoms with Crippen molar-refractivity contribution in [3.8, 4) is 5.75 Å². The van der Waals surface area contributed by atoms with Crippen molar-refractivity contribution in [2.24, 2.45) is 0 Å². The highest BCUT2D eigenvalue weighted by Gasteiger charge is 2.24. The Labute approximate surface area is 175 Å². The molecule has 0 unspecified atom stereocenters. The molecule has 0 amide bonds. The molecule has 2 N–H and O–H groups in total. The molecule has 2 aromatic carbocycles. The molecule has 0 atom stereocenters. The van der Waals surface area contributed by atoms with Gasteiger partial charge >= 0.3 is 0 Å². The molecule has 154 valence electrons. The van der Waals surface area contributed by atoms with Gasteiger partial charge in [0.15, 0.2) is 0 Å². The van der Waals surface area contributed by atoms with E-state index in [0.29, 0.717) is 27.4 Å². The Hall–Kier alpha value is -2.22. The number of sulfone groups is 1. The van der Waals surface area contributed by atoms with E-state index < -0.39 is 9.84 Å². The molecule has 3 aromatic rings. The van der Waals surface area contributed by atoms with E-state index in [0.717, 1.165) is 25.9 Å². The first-order valence-corrected chi connectivity index (χ1v) is 11.4. The summed E-state index contributed by atoms with van der Waals surface area (Å²) >= 11 is 6.21. The number of halogens is 1. The zero-order chi connectivity index (χ0) is 20.6. The van der Waals surface area contributed by atoms with Crippen molar-refractivity contribution in [1.82, 2.24) is 9.88 Å². The predicted octanol–water partition coefficient (Wildman–Crippen LogP) is 4.17. The maximum atomic E-state index is 13.3. The fraction of sp³-hybridized carbons (Fsp3) is 0.333. The van der Waals surface area contributed by atoms with Gasteiger partial charge < -0.3 is 19.9 Å². The van der Waals surface area contributed by atoms with E-state index in [2.05, 4.69) is 22.2 Å². The molecule has 1 saturated heterocycles. The van der Waals surface area contributed by atoms with Crippen molar-refractivity contribution in [3.05, 3.63) is 47.5 Å². The fourth-order valence-electron chi connectivity index (χ4n) is 3.70. The molecule has 1 aliphatic heterocycles. The molecule has 6 nitrogen and oxygen atoms in total. The van der Waals surface area contributed by atoms with Gasteiger partial charge in [0.2, 0.25) is 9.84 Å². The van der Waals surface area contributed by atoms with E-state index in [9.17, 15) is 8.42 Å². The smallest absolute Gasteiger partial charge is 0.221 e. The van der Waals surface area contributed by atoms with Gasteiger partial charge in [-0.05, 0) is 69.4 Å². The summed E-state index contributed by atoms with van der Waals surface area (Å²) in [6.07, 6.45) is 1.99. The van der Waals surface area contributed by atoms with Gasteiger partial charge in [0.1, 0.15) is 10.8 Å². The van der Waals surface area contributed by atoms with Gasteiger partial charge in [-0.2, -0.15) is 0 Å². The topological polar surface area (TPSA) is 74.4 Å². The van der Waals surface area contributed by atoms with Gasteiger partial charge in [0.25, 0.3) is 0 Å². The number of H-pyrrole nitrogens is 1. The second-order valence-electron chi connectivity index (χ2n) is 7.42. The van der Waals surface area contributed by atoms with Crippen LogP contribution in [0.3, 0.4) is 0 Å². The van der Waals surface area contributed by atoms with Crippen LogP contribution in [-0.4, -0.2) is 51.6 Å². The number of aromatic amines is 1. The summed E-state index contributed by atoms with van der Waals surface area (Å²) in [5.74, 6) is 0.627. The van der Waals surface area contributed by atoms with Crippen molar-refractivity contribution in [1.29, 1.82) is 0 Å². The number of hydrogen-bond donors (Lipinski definition) is 2. The van der Waals surface area contributed by atoms with Crippen LogP contribution in [0.5, 0.6) is 5.75 Å². The van der Waals surface area contributed by atoms with Crippen LogP contribution in [-0.2, 0) is 9.84 Å². The van der Waals surface area contributed by atoms with Crippen LogP contribution >= 0.6 is 11.6 Å². The van der Waals surface area contributed by atoms with Gasteiger partial charge in [0.05, 0.1) is 17.7 Å². The van der Waals surface area contributed by atoms with Gasteiger partial charge in [-0.15, -0.1) is 0 Å². The second kappa shape index (κ2) is 7.89. The van der Waals surface area contributed by atoms with Crippen LogP contribution in [0.4, 0.5) is 5.69 Å². The zero-order valence-corrected chi connectivity index (χ0v) is 18.0. The number of piperidine rings is 1. The van der Waals surface area contributed by atoms with Crippen LogP contribution in [0.1, 0.15) is 12.8 Å². The van der Waals surface area contributed by atoms with Gasteiger partial charge in [-0.1, -0.05) is 17.7 Å². The summed E-state index contributed by atoms with van der Waals surface area (Å²) in [4.78, 5) is 5.47. The number of rotatable bonds is 5. The number of likely N-dealkylation sites (tertiary alicyclic amines) is 1. The molecule has 1 aromatic heterocycles. The third-order valence-electron chi connectivity index (χ3n) is 5.44. The highest BCUT2D eigenvalue weighted by Crippen LogP contribution is 2.33. The Kier molecular flexibility index (Phi) is 5.46. The van der Waals surface area contributed by atoms with Gasteiger partial charge in [-0.25, -0.2) is 8.42 Å². The van der Waals surface area contributed by atoms with Crippen LogP contribution in [0.15, 0.2) is 52.4 Å². The number of ether oxygens (including phenoxy) is 1. The first-order chi connectivity index (χ1) is 13.9. The van der Waals surface area contributed by atoms with Crippen LogP contribution < -0.4 is 10.1 Å². The van der Waals surface area contributed by atoms with Crippen LogP contribution in [0.25, 0.3) is 10.9 Å². The number of methoxy groups -OCH3 is 1. The van der Waals surface area contributed by atoms with Crippen molar-refractivity contribution in [2.75, 3.05) is 32.6 Å². The van der Waals surface area contributed by atoms with Crippen molar-refractivity contribution in [3.63, 3.8) is 0 Å². The van der Waals surface area contributed by atoms with E-state index >= 15 is 0 Å². The molecular formula is C21H24ClN3O3S. The highest BCUT2D eigenvalue weighted by molar-refractivity contribution is 7.91. The van der Waals surface area contributed by atoms with Crippen molar-refractivity contribution >= 4 is 38.0 Å². The number of fused-ring (bicyclic) bond motifs is 1. The van der Waals surface area contributed by atoms with E-state index in [-0.39, 0.29) is 16.0 Å². The molecule has 0 radical (unpaired) electrons. The minimum Gasteiger partial charge on any atom is -0.495 e. The predicted molar refractivity (Wildman–Crippen MR) is 116 cm³/mol. The number of anilines is 1. The van der Waals surface area contributed by atoms with Gasteiger partial charge in [-0.3, -0.25) is 0 Å². The number of nitrogens with one attached hydrogen (secondary N) is 2. The minimum absolute atomic E-state index is 0.121. The summed E-state index contributed by atoms with van der Waals surface area (Å²) < 4.78 is 32.0. The molecule has 0 saturated carbocycles. The lowest BCUT2D eigenvalue weighted by molar-refractivity contribution is 0.263. The Balaban J connectivity index is 1.68. The summed E-state index contributed by atoms with van der Waals surface area (Å²) in [7, 11) is -0.0386. The molecule has 1 aliphatic rings. The van der Waals surface area contributed by atoms with Crippen molar-refractivity contribution < 1.29 is 13.2 Å². The first-order valence-electron chi connectivity index (χ1n) is 9.54. The Morgan fingerprint density at radius 2 is 1.93 bits per heavy atom. The van der Waals surface area contributed by atoms with Crippen LogP contribution in [0, 0.1) is 0 Å². The standard InChI is InChI=1S/C21H24ClN3O3S/c1-25-10-8-14(9-11-25)23-19-12-15(6-7-20(19)28-2)29(26,27)21-13-16-17(22)4-3-5-18(16)24-21/h3-7,12-14,23-24H,8-11H2,1-2H3. The lowest BCUT2D eigenvalue weighted by Gasteiger charge is -2.30. The minimum atomic E-state index is -3.73. The molecule has 0 bridgehead atoms. The maximum absolute atomic E-state index is 13.3.